The first-order valence-electron chi connectivity index (χ1n) is 7.48. The fourth-order valence-electron chi connectivity index (χ4n) is 3.39. The van der Waals surface area contributed by atoms with Gasteiger partial charge in [-0.2, -0.15) is 0 Å². The van der Waals surface area contributed by atoms with E-state index < -0.39 is 0 Å². The summed E-state index contributed by atoms with van der Waals surface area (Å²) in [5, 5.41) is 0. The van der Waals surface area contributed by atoms with Crippen molar-refractivity contribution in [2.45, 2.75) is 31.7 Å². The third-order valence-electron chi connectivity index (χ3n) is 4.48. The molecule has 1 atom stereocenters. The number of anilines is 1. The monoisotopic (exact) mass is 290 g/mol. The summed E-state index contributed by atoms with van der Waals surface area (Å²) in [5.41, 5.74) is 7.88. The van der Waals surface area contributed by atoms with Crippen LogP contribution < -0.4 is 10.6 Å². The van der Waals surface area contributed by atoms with Crippen LogP contribution in [0.1, 0.15) is 31.2 Å². The van der Waals surface area contributed by atoms with Gasteiger partial charge in [0.25, 0.3) is 0 Å². The Morgan fingerprint density at radius 3 is 2.80 bits per heavy atom. The quantitative estimate of drug-likeness (QED) is 0.860. The van der Waals surface area contributed by atoms with E-state index in [9.17, 15) is 0 Å². The van der Waals surface area contributed by atoms with E-state index in [2.05, 4.69) is 14.8 Å². The van der Waals surface area contributed by atoms with Crippen molar-refractivity contribution in [3.8, 4) is 0 Å². The van der Waals surface area contributed by atoms with Crippen LogP contribution in [-0.4, -0.2) is 47.1 Å². The van der Waals surface area contributed by atoms with Gasteiger partial charge < -0.3 is 10.6 Å². The molecule has 0 radical (unpaired) electrons. The fourth-order valence-corrected chi connectivity index (χ4v) is 3.56. The molecule has 0 aromatic carbocycles. The van der Waals surface area contributed by atoms with Crippen LogP contribution in [0.3, 0.4) is 0 Å². The lowest BCUT2D eigenvalue weighted by atomic mass is 10.1. The molecule has 0 bridgehead atoms. The molecule has 2 aliphatic rings. The zero-order chi connectivity index (χ0) is 13.9. The maximum Gasteiger partial charge on any atom is 0.106 e. The number of likely N-dealkylation sites (tertiary alicyclic amines) is 1. The van der Waals surface area contributed by atoms with Crippen molar-refractivity contribution in [3.63, 3.8) is 0 Å². The molecule has 1 unspecified atom stereocenters. The second kappa shape index (κ2) is 6.06. The first-order valence-corrected chi connectivity index (χ1v) is 7.89. The van der Waals surface area contributed by atoms with Crippen molar-refractivity contribution in [2.24, 2.45) is 5.73 Å². The lowest BCUT2D eigenvalue weighted by molar-refractivity contribution is 0.175. The molecule has 108 valence electrons. The van der Waals surface area contributed by atoms with E-state index in [0.29, 0.717) is 11.0 Å². The Morgan fingerprint density at radius 1 is 1.25 bits per heavy atom. The van der Waals surface area contributed by atoms with Gasteiger partial charge in [0.15, 0.2) is 0 Å². The van der Waals surface area contributed by atoms with Crippen molar-refractivity contribution in [1.82, 2.24) is 9.88 Å². The first kappa shape index (κ1) is 13.8. The van der Waals surface area contributed by atoms with Crippen molar-refractivity contribution >= 4 is 22.9 Å². The summed E-state index contributed by atoms with van der Waals surface area (Å²) in [6.45, 7) is 4.66. The molecule has 1 aromatic rings. The highest BCUT2D eigenvalue weighted by atomic mass is 32.1. The van der Waals surface area contributed by atoms with Gasteiger partial charge in [-0.3, -0.25) is 9.88 Å². The summed E-state index contributed by atoms with van der Waals surface area (Å²) < 4.78 is 0. The molecule has 2 N–H and O–H groups in total. The maximum absolute atomic E-state index is 5.83. The minimum Gasteiger partial charge on any atom is -0.389 e. The molecule has 3 rings (SSSR count). The fraction of sp³-hybridized carbons (Fsp3) is 0.600. The number of aromatic nitrogens is 1. The highest BCUT2D eigenvalue weighted by molar-refractivity contribution is 7.80. The molecule has 1 aromatic heterocycles. The molecule has 0 saturated carbocycles. The molecule has 4 nitrogen and oxygen atoms in total. The van der Waals surface area contributed by atoms with Crippen LogP contribution in [0.5, 0.6) is 0 Å². The van der Waals surface area contributed by atoms with Gasteiger partial charge in [-0.05, 0) is 38.4 Å². The van der Waals surface area contributed by atoms with Crippen LogP contribution in [0.25, 0.3) is 0 Å². The van der Waals surface area contributed by atoms with Gasteiger partial charge in [0, 0.05) is 30.9 Å². The zero-order valence-electron chi connectivity index (χ0n) is 11.8. The van der Waals surface area contributed by atoms with Crippen LogP contribution in [0.2, 0.25) is 0 Å². The molecule has 2 saturated heterocycles. The summed E-state index contributed by atoms with van der Waals surface area (Å²) >= 11 is 5.15. The van der Waals surface area contributed by atoms with E-state index in [0.717, 1.165) is 24.3 Å². The summed E-state index contributed by atoms with van der Waals surface area (Å²) in [6, 6.07) is 2.60. The average Bonchev–Trinajstić information content (AvgIpc) is 2.98. The number of piperidine rings is 1. The summed E-state index contributed by atoms with van der Waals surface area (Å²) in [7, 11) is 0. The summed E-state index contributed by atoms with van der Waals surface area (Å²) in [6.07, 6.45) is 8.97. The van der Waals surface area contributed by atoms with Gasteiger partial charge in [0.2, 0.25) is 0 Å². The van der Waals surface area contributed by atoms with Gasteiger partial charge in [-0.1, -0.05) is 18.6 Å². The normalized spacial score (nSPS) is 24.0. The van der Waals surface area contributed by atoms with E-state index >= 15 is 0 Å². The van der Waals surface area contributed by atoms with E-state index in [1.54, 1.807) is 6.20 Å². The Morgan fingerprint density at radius 2 is 2.05 bits per heavy atom. The Kier molecular flexibility index (Phi) is 4.17. The second-order valence-electron chi connectivity index (χ2n) is 5.74. The van der Waals surface area contributed by atoms with Gasteiger partial charge in [-0.15, -0.1) is 0 Å². The van der Waals surface area contributed by atoms with Crippen molar-refractivity contribution in [1.29, 1.82) is 0 Å². The van der Waals surface area contributed by atoms with E-state index in [1.807, 2.05) is 12.3 Å². The van der Waals surface area contributed by atoms with E-state index in [1.165, 1.54) is 38.8 Å². The Hall–Kier alpha value is -1.20. The predicted octanol–water partition coefficient (Wildman–Crippen LogP) is 1.78. The third-order valence-corrected chi connectivity index (χ3v) is 4.70. The van der Waals surface area contributed by atoms with E-state index in [-0.39, 0.29) is 0 Å². The minimum atomic E-state index is 0.462. The highest BCUT2D eigenvalue weighted by Crippen LogP contribution is 2.27. The van der Waals surface area contributed by atoms with Gasteiger partial charge in [0.1, 0.15) is 4.99 Å². The number of rotatable bonds is 3. The Balaban J connectivity index is 1.72. The van der Waals surface area contributed by atoms with Crippen molar-refractivity contribution in [2.75, 3.05) is 31.1 Å². The Labute approximate surface area is 126 Å². The van der Waals surface area contributed by atoms with Crippen LogP contribution in [0, 0.1) is 0 Å². The maximum atomic E-state index is 5.83. The number of nitrogens with two attached hydrogens (primary N) is 1. The first-order chi connectivity index (χ1) is 9.75. The second-order valence-corrected chi connectivity index (χ2v) is 6.18. The molecular formula is C15H22N4S. The largest absolute Gasteiger partial charge is 0.389 e. The highest BCUT2D eigenvalue weighted by Gasteiger charge is 2.29. The smallest absolute Gasteiger partial charge is 0.106 e. The summed E-state index contributed by atoms with van der Waals surface area (Å²) in [5.74, 6) is 0. The van der Waals surface area contributed by atoms with Crippen LogP contribution in [-0.2, 0) is 0 Å². The standard InChI is InChI=1S/C15H22N4S/c16-15(20)13-4-6-17-10-14(13)19-9-5-12(11-19)18-7-2-1-3-8-18/h4,6,10,12H,1-3,5,7-9,11H2,(H2,16,20). The summed E-state index contributed by atoms with van der Waals surface area (Å²) in [4.78, 5) is 9.74. The topological polar surface area (TPSA) is 45.4 Å². The van der Waals surface area contributed by atoms with Gasteiger partial charge in [-0.25, -0.2) is 0 Å². The molecule has 0 spiro atoms. The van der Waals surface area contributed by atoms with Crippen LogP contribution in [0.15, 0.2) is 18.5 Å². The van der Waals surface area contributed by atoms with Gasteiger partial charge >= 0.3 is 0 Å². The number of nitrogens with zero attached hydrogens (tertiary/aromatic N) is 3. The van der Waals surface area contributed by atoms with Crippen molar-refractivity contribution in [3.05, 3.63) is 24.0 Å². The molecule has 0 amide bonds. The van der Waals surface area contributed by atoms with Gasteiger partial charge in [0.05, 0.1) is 11.9 Å². The lowest BCUT2D eigenvalue weighted by Gasteiger charge is -2.32. The van der Waals surface area contributed by atoms with Crippen LogP contribution in [0.4, 0.5) is 5.69 Å². The molecule has 2 aliphatic heterocycles. The molecule has 0 aliphatic carbocycles. The average molecular weight is 290 g/mol. The van der Waals surface area contributed by atoms with Crippen molar-refractivity contribution < 1.29 is 0 Å². The molecule has 5 heteroatoms. The lowest BCUT2D eigenvalue weighted by Crippen LogP contribution is -2.41. The third kappa shape index (κ3) is 2.79. The number of thiocarbonyl (C=S) groups is 1. The van der Waals surface area contributed by atoms with E-state index in [4.69, 9.17) is 18.0 Å². The predicted molar refractivity (Wildman–Crippen MR) is 86.2 cm³/mol. The Bertz CT molecular complexity index is 485. The molecule has 20 heavy (non-hydrogen) atoms. The molecule has 2 fully saturated rings. The number of hydrogen-bond donors (Lipinski definition) is 1. The molecular weight excluding hydrogens is 268 g/mol. The SMILES string of the molecule is NC(=S)c1ccncc1N1CCC(N2CCCCC2)C1. The number of hydrogen-bond acceptors (Lipinski definition) is 4. The number of pyridine rings is 1. The molecule has 3 heterocycles. The zero-order valence-corrected chi connectivity index (χ0v) is 12.6. The van der Waals surface area contributed by atoms with Crippen LogP contribution >= 0.6 is 12.2 Å². The minimum absolute atomic E-state index is 0.462.